The van der Waals surface area contributed by atoms with E-state index >= 15 is 0 Å². The van der Waals surface area contributed by atoms with E-state index in [-0.39, 0.29) is 16.1 Å². The topological polar surface area (TPSA) is 96.0 Å². The summed E-state index contributed by atoms with van der Waals surface area (Å²) in [5.41, 5.74) is 7.33. The van der Waals surface area contributed by atoms with Crippen LogP contribution < -0.4 is 10.5 Å². The van der Waals surface area contributed by atoms with Gasteiger partial charge in [-0.1, -0.05) is 17.7 Å². The number of anilines is 2. The zero-order valence-electron chi connectivity index (χ0n) is 10.8. The Morgan fingerprint density at radius 1 is 1.15 bits per heavy atom. The van der Waals surface area contributed by atoms with Crippen molar-refractivity contribution < 1.29 is 8.42 Å². The van der Waals surface area contributed by atoms with Gasteiger partial charge in [0.25, 0.3) is 10.0 Å². The van der Waals surface area contributed by atoms with E-state index in [2.05, 4.69) is 4.72 Å². The van der Waals surface area contributed by atoms with E-state index in [1.807, 2.05) is 13.0 Å². The Kier molecular flexibility index (Phi) is 3.63. The molecule has 2 aromatic carbocycles. The molecule has 0 aliphatic carbocycles. The number of nitrogens with one attached hydrogen (secondary N) is 1. The number of hydrogen-bond donors (Lipinski definition) is 2. The van der Waals surface area contributed by atoms with Crippen molar-refractivity contribution in [2.45, 2.75) is 11.8 Å². The summed E-state index contributed by atoms with van der Waals surface area (Å²) < 4.78 is 26.8. The van der Waals surface area contributed by atoms with Gasteiger partial charge in [0, 0.05) is 5.69 Å². The summed E-state index contributed by atoms with van der Waals surface area (Å²) >= 11 is 0. The number of sulfonamides is 1. The summed E-state index contributed by atoms with van der Waals surface area (Å²) in [5.74, 6) is 0. The van der Waals surface area contributed by atoms with Crippen LogP contribution in [0.5, 0.6) is 0 Å². The van der Waals surface area contributed by atoms with Crippen LogP contribution >= 0.6 is 0 Å². The number of hydrogen-bond acceptors (Lipinski definition) is 4. The van der Waals surface area contributed by atoms with Crippen LogP contribution in [0.15, 0.2) is 47.4 Å². The molecule has 0 heterocycles. The average molecular weight is 287 g/mol. The van der Waals surface area contributed by atoms with Gasteiger partial charge in [0.05, 0.1) is 16.1 Å². The first-order valence-electron chi connectivity index (χ1n) is 5.81. The molecule has 3 N–H and O–H groups in total. The normalized spacial score (nSPS) is 10.8. The van der Waals surface area contributed by atoms with E-state index in [0.29, 0.717) is 5.69 Å². The molecule has 0 aliphatic heterocycles. The van der Waals surface area contributed by atoms with Crippen molar-refractivity contribution in [3.63, 3.8) is 0 Å². The smallest absolute Gasteiger partial charge is 0.261 e. The fraction of sp³-hybridized carbons (Fsp3) is 0.0714. The van der Waals surface area contributed by atoms with Gasteiger partial charge in [0.2, 0.25) is 0 Å². The molecule has 0 radical (unpaired) electrons. The average Bonchev–Trinajstić information content (AvgIpc) is 2.41. The van der Waals surface area contributed by atoms with Gasteiger partial charge in [0.15, 0.2) is 0 Å². The highest BCUT2D eigenvalue weighted by atomic mass is 32.2. The van der Waals surface area contributed by atoms with E-state index < -0.39 is 10.0 Å². The molecular formula is C14H13N3O2S. The fourth-order valence-electron chi connectivity index (χ4n) is 1.66. The summed E-state index contributed by atoms with van der Waals surface area (Å²) in [6, 6.07) is 12.8. The Balaban J connectivity index is 2.39. The van der Waals surface area contributed by atoms with Gasteiger partial charge in [-0.25, -0.2) is 8.42 Å². The van der Waals surface area contributed by atoms with Gasteiger partial charge >= 0.3 is 0 Å². The van der Waals surface area contributed by atoms with Gasteiger partial charge < -0.3 is 5.73 Å². The molecule has 0 bridgehead atoms. The number of nitrogens with zero attached hydrogens (tertiary/aromatic N) is 1. The molecule has 2 rings (SSSR count). The molecule has 0 amide bonds. The summed E-state index contributed by atoms with van der Waals surface area (Å²) in [7, 11) is -3.72. The SMILES string of the molecule is Cc1ccc(S(=O)(=O)Nc2ccc(N)cc2C#N)cc1. The van der Waals surface area contributed by atoms with E-state index in [4.69, 9.17) is 11.0 Å². The van der Waals surface area contributed by atoms with E-state index in [1.165, 1.54) is 30.3 Å². The maximum Gasteiger partial charge on any atom is 0.261 e. The van der Waals surface area contributed by atoms with Crippen molar-refractivity contribution in [3.8, 4) is 6.07 Å². The van der Waals surface area contributed by atoms with Crippen molar-refractivity contribution in [2.24, 2.45) is 0 Å². The first-order valence-corrected chi connectivity index (χ1v) is 7.30. The summed E-state index contributed by atoms with van der Waals surface area (Å²) in [5, 5.41) is 9.01. The summed E-state index contributed by atoms with van der Waals surface area (Å²) in [6.07, 6.45) is 0. The van der Waals surface area contributed by atoms with E-state index in [9.17, 15) is 8.42 Å². The van der Waals surface area contributed by atoms with Crippen LogP contribution in [0.3, 0.4) is 0 Å². The van der Waals surface area contributed by atoms with Crippen LogP contribution in [0.25, 0.3) is 0 Å². The molecule has 0 fully saturated rings. The van der Waals surface area contributed by atoms with Crippen LogP contribution in [0.4, 0.5) is 11.4 Å². The van der Waals surface area contributed by atoms with E-state index in [1.54, 1.807) is 12.1 Å². The minimum atomic E-state index is -3.72. The molecule has 6 heteroatoms. The second-order valence-electron chi connectivity index (χ2n) is 4.34. The Morgan fingerprint density at radius 3 is 2.40 bits per heavy atom. The van der Waals surface area contributed by atoms with Crippen LogP contribution in [-0.4, -0.2) is 8.42 Å². The molecule has 0 atom stereocenters. The zero-order valence-corrected chi connectivity index (χ0v) is 11.6. The number of nitrogens with two attached hydrogens (primary N) is 1. The molecule has 0 aliphatic rings. The fourth-order valence-corrected chi connectivity index (χ4v) is 2.74. The molecule has 20 heavy (non-hydrogen) atoms. The second-order valence-corrected chi connectivity index (χ2v) is 6.02. The highest BCUT2D eigenvalue weighted by molar-refractivity contribution is 7.92. The standard InChI is InChI=1S/C14H13N3O2S/c1-10-2-5-13(6-3-10)20(18,19)17-14-7-4-12(16)8-11(14)9-15/h2-8,17H,16H2,1H3. The Morgan fingerprint density at radius 2 is 1.80 bits per heavy atom. The van der Waals surface area contributed by atoms with Crippen molar-refractivity contribution in [3.05, 3.63) is 53.6 Å². The van der Waals surface area contributed by atoms with Gasteiger partial charge in [-0.3, -0.25) is 4.72 Å². The number of aryl methyl sites for hydroxylation is 1. The molecule has 0 unspecified atom stereocenters. The third-order valence-electron chi connectivity index (χ3n) is 2.74. The van der Waals surface area contributed by atoms with E-state index in [0.717, 1.165) is 5.56 Å². The number of benzene rings is 2. The lowest BCUT2D eigenvalue weighted by atomic mass is 10.2. The summed E-state index contributed by atoms with van der Waals surface area (Å²) in [6.45, 7) is 1.87. The molecule has 2 aromatic rings. The van der Waals surface area contributed by atoms with Crippen LogP contribution in [-0.2, 0) is 10.0 Å². The van der Waals surface area contributed by atoms with Gasteiger partial charge in [-0.2, -0.15) is 5.26 Å². The Hall–Kier alpha value is -2.52. The van der Waals surface area contributed by atoms with Crippen molar-refractivity contribution in [1.29, 1.82) is 5.26 Å². The molecule has 0 saturated heterocycles. The summed E-state index contributed by atoms with van der Waals surface area (Å²) in [4.78, 5) is 0.142. The highest BCUT2D eigenvalue weighted by Gasteiger charge is 2.15. The Labute approximate surface area is 117 Å². The number of nitrogen functional groups attached to an aromatic ring is 1. The quantitative estimate of drug-likeness (QED) is 0.846. The third kappa shape index (κ3) is 2.90. The minimum absolute atomic E-state index is 0.142. The zero-order chi connectivity index (χ0) is 14.8. The lowest BCUT2D eigenvalue weighted by molar-refractivity contribution is 0.601. The van der Waals surface area contributed by atoms with Gasteiger partial charge in [-0.15, -0.1) is 0 Å². The first-order chi connectivity index (χ1) is 9.42. The largest absolute Gasteiger partial charge is 0.399 e. The third-order valence-corrected chi connectivity index (χ3v) is 4.12. The van der Waals surface area contributed by atoms with Gasteiger partial charge in [0.1, 0.15) is 6.07 Å². The van der Waals surface area contributed by atoms with Crippen molar-refractivity contribution in [2.75, 3.05) is 10.5 Å². The second kappa shape index (κ2) is 5.23. The maximum atomic E-state index is 12.2. The van der Waals surface area contributed by atoms with Crippen LogP contribution in [0.2, 0.25) is 0 Å². The molecular weight excluding hydrogens is 274 g/mol. The molecule has 0 spiro atoms. The minimum Gasteiger partial charge on any atom is -0.399 e. The van der Waals surface area contributed by atoms with Crippen LogP contribution in [0, 0.1) is 18.3 Å². The predicted molar refractivity (Wildman–Crippen MR) is 77.6 cm³/mol. The van der Waals surface area contributed by atoms with Crippen molar-refractivity contribution >= 4 is 21.4 Å². The van der Waals surface area contributed by atoms with Crippen molar-refractivity contribution in [1.82, 2.24) is 0 Å². The molecule has 5 nitrogen and oxygen atoms in total. The molecule has 0 aromatic heterocycles. The Bertz CT molecular complexity index is 775. The van der Waals surface area contributed by atoms with Crippen LogP contribution in [0.1, 0.15) is 11.1 Å². The molecule has 0 saturated carbocycles. The molecule has 102 valence electrons. The lowest BCUT2D eigenvalue weighted by Gasteiger charge is -2.10. The first kappa shape index (κ1) is 13.9. The lowest BCUT2D eigenvalue weighted by Crippen LogP contribution is -2.14. The van der Waals surface area contributed by atoms with Gasteiger partial charge in [-0.05, 0) is 37.3 Å². The maximum absolute atomic E-state index is 12.2. The number of nitriles is 1. The predicted octanol–water partition coefficient (Wildman–Crippen LogP) is 2.25. The number of rotatable bonds is 3. The highest BCUT2D eigenvalue weighted by Crippen LogP contribution is 2.22. The monoisotopic (exact) mass is 287 g/mol.